The summed E-state index contributed by atoms with van der Waals surface area (Å²) in [4.78, 5) is 24.9. The average molecular weight is 285 g/mol. The number of Topliss-reactive ketones (excluding diaryl/α,β-unsaturated/α-hetero) is 1. The third-order valence-electron chi connectivity index (χ3n) is 3.32. The van der Waals surface area contributed by atoms with Crippen molar-refractivity contribution in [2.75, 3.05) is 20.7 Å². The molecular weight excluding hydrogens is 266 g/mol. The summed E-state index contributed by atoms with van der Waals surface area (Å²) < 4.78 is 5.76. The topological polar surface area (TPSA) is 46.6 Å². The van der Waals surface area contributed by atoms with Crippen LogP contribution in [0, 0.1) is 0 Å². The third kappa shape index (κ3) is 3.40. The van der Waals surface area contributed by atoms with E-state index in [-0.39, 0.29) is 24.7 Å². The molecule has 1 amide bonds. The second kappa shape index (κ2) is 6.39. The molecule has 0 aliphatic rings. The van der Waals surface area contributed by atoms with Gasteiger partial charge in [-0.25, -0.2) is 0 Å². The van der Waals surface area contributed by atoms with Crippen molar-refractivity contribution in [3.05, 3.63) is 42.0 Å². The predicted molar refractivity (Wildman–Crippen MR) is 82.8 cm³/mol. The van der Waals surface area contributed by atoms with Crippen LogP contribution in [0.25, 0.3) is 10.8 Å². The molecule has 0 heterocycles. The Hall–Kier alpha value is -2.36. The minimum absolute atomic E-state index is 0.000360. The molecule has 0 radical (unpaired) electrons. The maximum absolute atomic E-state index is 11.8. The molecule has 0 saturated heterocycles. The lowest BCUT2D eigenvalue weighted by atomic mass is 10.0. The zero-order valence-electron chi connectivity index (χ0n) is 12.6. The van der Waals surface area contributed by atoms with Gasteiger partial charge in [-0.15, -0.1) is 0 Å². The molecule has 0 N–H and O–H groups in total. The summed E-state index contributed by atoms with van der Waals surface area (Å²) in [5.41, 5.74) is 0.547. The van der Waals surface area contributed by atoms with E-state index in [0.717, 1.165) is 10.8 Å². The van der Waals surface area contributed by atoms with Gasteiger partial charge in [0, 0.05) is 19.5 Å². The first kappa shape index (κ1) is 15.0. The highest BCUT2D eigenvalue weighted by Crippen LogP contribution is 2.30. The fourth-order valence-electron chi connectivity index (χ4n) is 2.14. The summed E-state index contributed by atoms with van der Waals surface area (Å²) in [6.07, 6.45) is 0.285. The van der Waals surface area contributed by atoms with Gasteiger partial charge in [0.05, 0.1) is 18.6 Å². The van der Waals surface area contributed by atoms with Gasteiger partial charge in [0.1, 0.15) is 5.75 Å². The number of carbonyl (C=O) groups excluding carboxylic acids is 2. The summed E-state index contributed by atoms with van der Waals surface area (Å²) in [6, 6.07) is 11.4. The number of fused-ring (bicyclic) bond motifs is 1. The van der Waals surface area contributed by atoms with Crippen molar-refractivity contribution in [3.63, 3.8) is 0 Å². The van der Waals surface area contributed by atoms with E-state index >= 15 is 0 Å². The molecule has 4 nitrogen and oxygen atoms in total. The Morgan fingerprint density at radius 3 is 2.48 bits per heavy atom. The van der Waals surface area contributed by atoms with E-state index in [2.05, 4.69) is 0 Å². The van der Waals surface area contributed by atoms with E-state index < -0.39 is 0 Å². The molecule has 4 heteroatoms. The van der Waals surface area contributed by atoms with E-state index in [4.69, 9.17) is 4.74 Å². The normalized spacial score (nSPS) is 10.4. The number of benzene rings is 2. The van der Waals surface area contributed by atoms with Gasteiger partial charge in [-0.2, -0.15) is 0 Å². The quantitative estimate of drug-likeness (QED) is 0.794. The molecule has 0 unspecified atom stereocenters. The van der Waals surface area contributed by atoms with Crippen molar-refractivity contribution in [2.24, 2.45) is 0 Å². The monoisotopic (exact) mass is 285 g/mol. The van der Waals surface area contributed by atoms with Gasteiger partial charge < -0.3 is 9.64 Å². The van der Waals surface area contributed by atoms with Crippen LogP contribution in [0.1, 0.15) is 23.7 Å². The van der Waals surface area contributed by atoms with Crippen LogP contribution >= 0.6 is 0 Å². The van der Waals surface area contributed by atoms with Gasteiger partial charge in [-0.3, -0.25) is 9.59 Å². The van der Waals surface area contributed by atoms with Gasteiger partial charge in [0.25, 0.3) is 0 Å². The first-order valence-corrected chi connectivity index (χ1v) is 6.86. The Balaban J connectivity index is 2.29. The van der Waals surface area contributed by atoms with Crippen LogP contribution in [0.15, 0.2) is 36.4 Å². The smallest absolute Gasteiger partial charge is 0.225 e. The highest BCUT2D eigenvalue weighted by atomic mass is 16.5. The fraction of sp³-hybridized carbons (Fsp3) is 0.294. The minimum Gasteiger partial charge on any atom is -0.492 e. The standard InChI is InChI=1S/C17H19NO3/c1-12(19)14-9-8-13-6-4-5-7-15(13)17(14)21-11-10-16(20)18(2)3/h4-9H,10-11H2,1-3H3. The molecule has 0 aliphatic heterocycles. The van der Waals surface area contributed by atoms with Gasteiger partial charge >= 0.3 is 0 Å². The van der Waals surface area contributed by atoms with Crippen molar-refractivity contribution in [1.82, 2.24) is 4.90 Å². The van der Waals surface area contributed by atoms with Gasteiger partial charge in [-0.1, -0.05) is 30.3 Å². The lowest BCUT2D eigenvalue weighted by Gasteiger charge is -2.14. The van der Waals surface area contributed by atoms with E-state index in [0.29, 0.717) is 11.3 Å². The van der Waals surface area contributed by atoms with E-state index in [1.807, 2.05) is 30.3 Å². The highest BCUT2D eigenvalue weighted by Gasteiger charge is 2.13. The third-order valence-corrected chi connectivity index (χ3v) is 3.32. The Labute approximate surface area is 124 Å². The predicted octanol–water partition coefficient (Wildman–Crippen LogP) is 2.90. The van der Waals surface area contributed by atoms with Gasteiger partial charge in [0.2, 0.25) is 5.91 Å². The van der Waals surface area contributed by atoms with Crippen LogP contribution in [0.5, 0.6) is 5.75 Å². The molecular formula is C17H19NO3. The molecule has 0 aliphatic carbocycles. The number of ether oxygens (including phenoxy) is 1. The molecule has 2 aromatic rings. The zero-order chi connectivity index (χ0) is 15.4. The SMILES string of the molecule is CC(=O)c1ccc2ccccc2c1OCCC(=O)N(C)C. The lowest BCUT2D eigenvalue weighted by Crippen LogP contribution is -2.23. The van der Waals surface area contributed by atoms with Gasteiger partial charge in [0.15, 0.2) is 5.78 Å². The maximum atomic E-state index is 11.8. The maximum Gasteiger partial charge on any atom is 0.225 e. The van der Waals surface area contributed by atoms with Crippen LogP contribution in [0.2, 0.25) is 0 Å². The van der Waals surface area contributed by atoms with Crippen LogP contribution in [0.3, 0.4) is 0 Å². The van der Waals surface area contributed by atoms with Crippen molar-refractivity contribution < 1.29 is 14.3 Å². The summed E-state index contributed by atoms with van der Waals surface area (Å²) in [6.45, 7) is 1.77. The van der Waals surface area contributed by atoms with Crippen molar-refractivity contribution in [2.45, 2.75) is 13.3 Å². The zero-order valence-corrected chi connectivity index (χ0v) is 12.6. The summed E-state index contributed by atoms with van der Waals surface area (Å²) in [5.74, 6) is 0.515. The number of amides is 1. The summed E-state index contributed by atoms with van der Waals surface area (Å²) >= 11 is 0. The molecule has 0 bridgehead atoms. The minimum atomic E-state index is -0.0466. The molecule has 110 valence electrons. The largest absolute Gasteiger partial charge is 0.492 e. The van der Waals surface area contributed by atoms with Crippen LogP contribution in [-0.2, 0) is 4.79 Å². The lowest BCUT2D eigenvalue weighted by molar-refractivity contribution is -0.129. The molecule has 2 aromatic carbocycles. The Kier molecular flexibility index (Phi) is 4.58. The average Bonchev–Trinajstić information content (AvgIpc) is 2.46. The van der Waals surface area contributed by atoms with Crippen molar-refractivity contribution >= 4 is 22.5 Å². The van der Waals surface area contributed by atoms with E-state index in [1.165, 1.54) is 11.8 Å². The molecule has 2 rings (SSSR count). The fourth-order valence-corrected chi connectivity index (χ4v) is 2.14. The Morgan fingerprint density at radius 2 is 1.81 bits per heavy atom. The molecule has 21 heavy (non-hydrogen) atoms. The molecule has 0 saturated carbocycles. The van der Waals surface area contributed by atoms with Crippen LogP contribution < -0.4 is 4.74 Å². The Morgan fingerprint density at radius 1 is 1.10 bits per heavy atom. The second-order valence-electron chi connectivity index (χ2n) is 5.11. The molecule has 0 atom stereocenters. The van der Waals surface area contributed by atoms with Gasteiger partial charge in [-0.05, 0) is 18.4 Å². The first-order chi connectivity index (χ1) is 10.0. The summed E-state index contributed by atoms with van der Waals surface area (Å²) in [7, 11) is 3.42. The van der Waals surface area contributed by atoms with Crippen LogP contribution in [0.4, 0.5) is 0 Å². The summed E-state index contributed by atoms with van der Waals surface area (Å²) in [5, 5.41) is 1.90. The highest BCUT2D eigenvalue weighted by molar-refractivity contribution is 6.03. The molecule has 0 fully saturated rings. The van der Waals surface area contributed by atoms with E-state index in [1.54, 1.807) is 20.2 Å². The number of hydrogen-bond donors (Lipinski definition) is 0. The number of carbonyl (C=O) groups is 2. The van der Waals surface area contributed by atoms with Crippen molar-refractivity contribution in [1.29, 1.82) is 0 Å². The number of rotatable bonds is 5. The second-order valence-corrected chi connectivity index (χ2v) is 5.11. The van der Waals surface area contributed by atoms with Crippen LogP contribution in [-0.4, -0.2) is 37.3 Å². The first-order valence-electron chi connectivity index (χ1n) is 6.86. The number of ketones is 1. The number of nitrogens with zero attached hydrogens (tertiary/aromatic N) is 1. The van der Waals surface area contributed by atoms with E-state index in [9.17, 15) is 9.59 Å². The molecule has 0 spiro atoms. The Bertz CT molecular complexity index is 677. The van der Waals surface area contributed by atoms with Crippen molar-refractivity contribution in [3.8, 4) is 5.75 Å². The molecule has 0 aromatic heterocycles. The number of hydrogen-bond acceptors (Lipinski definition) is 3.